The largest absolute Gasteiger partial charge is 0.356 e. The van der Waals surface area contributed by atoms with Crippen molar-refractivity contribution >= 4 is 55.9 Å². The van der Waals surface area contributed by atoms with Gasteiger partial charge in [0.25, 0.3) is 5.56 Å². The van der Waals surface area contributed by atoms with E-state index in [0.29, 0.717) is 34.3 Å². The Kier molecular flexibility index (Phi) is 6.66. The summed E-state index contributed by atoms with van der Waals surface area (Å²) in [6, 6.07) is 3.27. The predicted octanol–water partition coefficient (Wildman–Crippen LogP) is 1.89. The van der Waals surface area contributed by atoms with Crippen LogP contribution in [0.5, 0.6) is 0 Å². The number of nitrogens with one attached hydrogen (secondary N) is 2. The fourth-order valence-electron chi connectivity index (χ4n) is 3.59. The van der Waals surface area contributed by atoms with E-state index in [1.54, 1.807) is 12.1 Å². The zero-order valence-corrected chi connectivity index (χ0v) is 18.9. The molecule has 168 valence electrons. The highest BCUT2D eigenvalue weighted by molar-refractivity contribution is 7.22. The second kappa shape index (κ2) is 9.61. The van der Waals surface area contributed by atoms with Crippen molar-refractivity contribution in [3.63, 3.8) is 0 Å². The van der Waals surface area contributed by atoms with Gasteiger partial charge in [-0.25, -0.2) is 9.97 Å². The normalized spacial score (nSPS) is 16.2. The molecule has 0 bridgehead atoms. The lowest BCUT2D eigenvalue weighted by Crippen LogP contribution is -2.43. The molecule has 2 N–H and O–H groups in total. The Morgan fingerprint density at radius 2 is 2.19 bits per heavy atom. The van der Waals surface area contributed by atoms with E-state index in [-0.39, 0.29) is 29.1 Å². The van der Waals surface area contributed by atoms with E-state index in [1.807, 2.05) is 11.8 Å². The zero-order valence-electron chi connectivity index (χ0n) is 17.4. The van der Waals surface area contributed by atoms with Gasteiger partial charge >= 0.3 is 0 Å². The van der Waals surface area contributed by atoms with Gasteiger partial charge in [0.15, 0.2) is 15.9 Å². The molecule has 12 heteroatoms. The first-order chi connectivity index (χ1) is 15.5. The molecule has 0 saturated carbocycles. The molecule has 3 aromatic rings. The Labute approximate surface area is 192 Å². The summed E-state index contributed by atoms with van der Waals surface area (Å²) in [5.41, 5.74) is 0.360. The van der Waals surface area contributed by atoms with Crippen molar-refractivity contribution in [3.8, 4) is 0 Å². The lowest BCUT2D eigenvalue weighted by Gasteiger charge is -2.31. The van der Waals surface area contributed by atoms with Gasteiger partial charge in [-0.2, -0.15) is 4.98 Å². The summed E-state index contributed by atoms with van der Waals surface area (Å²) in [6.07, 6.45) is 4.52. The minimum absolute atomic E-state index is 0.0403. The molecule has 1 atom stereocenters. The number of pyridine rings is 1. The van der Waals surface area contributed by atoms with Gasteiger partial charge in [-0.3, -0.25) is 19.0 Å². The van der Waals surface area contributed by atoms with Crippen LogP contribution in [0.4, 0.5) is 10.8 Å². The lowest BCUT2D eigenvalue weighted by molar-refractivity contribution is -0.125. The van der Waals surface area contributed by atoms with Crippen LogP contribution in [0.15, 0.2) is 29.5 Å². The molecule has 0 aromatic carbocycles. The van der Waals surface area contributed by atoms with Crippen LogP contribution in [0.2, 0.25) is 5.15 Å². The molecule has 1 aliphatic rings. The predicted molar refractivity (Wildman–Crippen MR) is 123 cm³/mol. The first-order valence-corrected chi connectivity index (χ1v) is 11.4. The fraction of sp³-hybridized carbons (Fsp3) is 0.400. The van der Waals surface area contributed by atoms with Crippen LogP contribution in [-0.4, -0.2) is 51.0 Å². The topological polar surface area (TPSA) is 122 Å². The van der Waals surface area contributed by atoms with Crippen molar-refractivity contribution in [1.29, 1.82) is 0 Å². The van der Waals surface area contributed by atoms with Gasteiger partial charge in [-0.05, 0) is 31.9 Å². The van der Waals surface area contributed by atoms with Crippen molar-refractivity contribution in [1.82, 2.24) is 24.8 Å². The van der Waals surface area contributed by atoms with Gasteiger partial charge in [0.05, 0.1) is 11.6 Å². The van der Waals surface area contributed by atoms with Crippen molar-refractivity contribution in [2.24, 2.45) is 5.92 Å². The van der Waals surface area contributed by atoms with Crippen molar-refractivity contribution < 1.29 is 9.59 Å². The van der Waals surface area contributed by atoms with E-state index in [2.05, 4.69) is 25.6 Å². The molecule has 32 heavy (non-hydrogen) atoms. The number of hydrogen-bond donors (Lipinski definition) is 2. The average molecular weight is 476 g/mol. The summed E-state index contributed by atoms with van der Waals surface area (Å²) in [4.78, 5) is 52.2. The zero-order chi connectivity index (χ0) is 22.7. The third-order valence-corrected chi connectivity index (χ3v) is 6.53. The smallest absolute Gasteiger partial charge is 0.273 e. The number of fused-ring (bicyclic) bond motifs is 1. The van der Waals surface area contributed by atoms with Crippen LogP contribution in [0.1, 0.15) is 19.8 Å². The molecule has 10 nitrogen and oxygen atoms in total. The number of carbonyl (C=O) groups is 2. The number of rotatable bonds is 6. The van der Waals surface area contributed by atoms with E-state index in [1.165, 1.54) is 28.4 Å². The lowest BCUT2D eigenvalue weighted by atomic mass is 9.97. The minimum Gasteiger partial charge on any atom is -0.356 e. The number of thiazole rings is 1. The van der Waals surface area contributed by atoms with Crippen molar-refractivity contribution in [3.05, 3.63) is 40.2 Å². The third-order valence-electron chi connectivity index (χ3n) is 5.13. The number of carbonyl (C=O) groups excluding carboxylic acids is 2. The Hall–Kier alpha value is -3.05. The molecule has 0 radical (unpaired) electrons. The number of aromatic nitrogens is 4. The molecular weight excluding hydrogens is 454 g/mol. The molecule has 0 spiro atoms. The molecule has 1 fully saturated rings. The molecule has 1 aliphatic heterocycles. The monoisotopic (exact) mass is 475 g/mol. The van der Waals surface area contributed by atoms with Crippen LogP contribution in [0.25, 0.3) is 10.3 Å². The number of nitrogens with zero attached hydrogens (tertiary/aromatic N) is 5. The van der Waals surface area contributed by atoms with Gasteiger partial charge in [0, 0.05) is 25.8 Å². The van der Waals surface area contributed by atoms with E-state index in [4.69, 9.17) is 11.6 Å². The van der Waals surface area contributed by atoms with Crippen LogP contribution in [0, 0.1) is 5.92 Å². The van der Waals surface area contributed by atoms with E-state index >= 15 is 0 Å². The molecule has 2 amide bonds. The second-order valence-corrected chi connectivity index (χ2v) is 8.73. The fourth-order valence-corrected chi connectivity index (χ4v) is 4.76. The van der Waals surface area contributed by atoms with Gasteiger partial charge in [0.1, 0.15) is 17.6 Å². The standard InChI is InChI=1S/C20H22ClN7O3S/c1-2-22-18(30)12-5-4-8-27(9-12)20-26-17-15(32-20)19(31)28(11-24-17)10-14(29)25-13-6-3-7-23-16(13)21/h3,6-7,11-12H,2,4-5,8-10H2,1H3,(H,22,30)(H,25,29)/t12-/m1/s1. The molecule has 3 aromatic heterocycles. The maximum absolute atomic E-state index is 12.9. The summed E-state index contributed by atoms with van der Waals surface area (Å²) in [5, 5.41) is 6.33. The number of hydrogen-bond acceptors (Lipinski definition) is 8. The Bertz CT molecular complexity index is 1210. The minimum atomic E-state index is -0.423. The summed E-state index contributed by atoms with van der Waals surface area (Å²) < 4.78 is 1.60. The number of amides is 2. The molecule has 4 rings (SSSR count). The highest BCUT2D eigenvalue weighted by Crippen LogP contribution is 2.29. The number of piperidine rings is 1. The van der Waals surface area contributed by atoms with Crippen LogP contribution < -0.4 is 21.1 Å². The maximum atomic E-state index is 12.9. The third kappa shape index (κ3) is 4.73. The van der Waals surface area contributed by atoms with Gasteiger partial charge in [0.2, 0.25) is 11.8 Å². The quantitative estimate of drug-likeness (QED) is 0.522. The average Bonchev–Trinajstić information content (AvgIpc) is 3.23. The van der Waals surface area contributed by atoms with Crippen molar-refractivity contribution in [2.45, 2.75) is 26.3 Å². The summed E-state index contributed by atoms with van der Waals surface area (Å²) >= 11 is 7.19. The maximum Gasteiger partial charge on any atom is 0.273 e. The number of anilines is 2. The second-order valence-electron chi connectivity index (χ2n) is 7.40. The van der Waals surface area contributed by atoms with Gasteiger partial charge in [-0.1, -0.05) is 22.9 Å². The highest BCUT2D eigenvalue weighted by Gasteiger charge is 2.27. The molecule has 0 unspecified atom stereocenters. The van der Waals surface area contributed by atoms with Crippen LogP contribution >= 0.6 is 22.9 Å². The van der Waals surface area contributed by atoms with E-state index < -0.39 is 5.91 Å². The van der Waals surface area contributed by atoms with Crippen molar-refractivity contribution in [2.75, 3.05) is 29.9 Å². The van der Waals surface area contributed by atoms with Gasteiger partial charge in [-0.15, -0.1) is 0 Å². The van der Waals surface area contributed by atoms with Gasteiger partial charge < -0.3 is 15.5 Å². The Balaban J connectivity index is 1.51. The Morgan fingerprint density at radius 1 is 1.34 bits per heavy atom. The highest BCUT2D eigenvalue weighted by atomic mass is 35.5. The number of halogens is 1. The molecule has 0 aliphatic carbocycles. The SMILES string of the molecule is CCNC(=O)[C@@H]1CCCN(c2nc3ncn(CC(=O)Nc4cccnc4Cl)c(=O)c3s2)C1. The molecule has 1 saturated heterocycles. The molecule has 4 heterocycles. The first kappa shape index (κ1) is 22.2. The summed E-state index contributed by atoms with van der Waals surface area (Å²) in [7, 11) is 0. The Morgan fingerprint density at radius 3 is 2.97 bits per heavy atom. The van der Waals surface area contributed by atoms with E-state index in [9.17, 15) is 14.4 Å². The molecular formula is C20H22ClN7O3S. The van der Waals surface area contributed by atoms with Crippen LogP contribution in [0.3, 0.4) is 0 Å². The summed E-state index contributed by atoms with van der Waals surface area (Å²) in [6.45, 7) is 3.59. The summed E-state index contributed by atoms with van der Waals surface area (Å²) in [5.74, 6) is -0.490. The van der Waals surface area contributed by atoms with E-state index in [0.717, 1.165) is 19.4 Å². The first-order valence-electron chi connectivity index (χ1n) is 10.2. The van der Waals surface area contributed by atoms with Crippen LogP contribution in [-0.2, 0) is 16.1 Å².